The summed E-state index contributed by atoms with van der Waals surface area (Å²) in [5.41, 5.74) is 4.14. The van der Waals surface area contributed by atoms with Crippen molar-refractivity contribution in [1.29, 1.82) is 0 Å². The van der Waals surface area contributed by atoms with Crippen LogP contribution in [-0.2, 0) is 13.0 Å². The van der Waals surface area contributed by atoms with Gasteiger partial charge in [-0.15, -0.1) is 11.3 Å². The summed E-state index contributed by atoms with van der Waals surface area (Å²) >= 11 is 1.68. The van der Waals surface area contributed by atoms with E-state index in [1.165, 1.54) is 10.4 Å². The van der Waals surface area contributed by atoms with Crippen LogP contribution in [0.2, 0.25) is 0 Å². The first kappa shape index (κ1) is 14.9. The molecule has 2 aromatic heterocycles. The zero-order valence-electron chi connectivity index (χ0n) is 12.2. The van der Waals surface area contributed by atoms with E-state index in [9.17, 15) is 0 Å². The Hall–Kier alpha value is -1.46. The van der Waals surface area contributed by atoms with Crippen LogP contribution in [-0.4, -0.2) is 22.6 Å². The number of aromatic nitrogens is 2. The predicted octanol–water partition coefficient (Wildman–Crippen LogP) is 2.97. The maximum atomic E-state index is 5.66. The van der Waals surface area contributed by atoms with E-state index in [0.717, 1.165) is 18.7 Å². The summed E-state index contributed by atoms with van der Waals surface area (Å²) < 4.78 is 5.66. The van der Waals surface area contributed by atoms with Gasteiger partial charge in [-0.2, -0.15) is 0 Å². The molecule has 0 saturated carbocycles. The van der Waals surface area contributed by atoms with Gasteiger partial charge in [-0.25, -0.2) is 9.97 Å². The molecule has 0 unspecified atom stereocenters. The molecule has 0 fully saturated rings. The molecule has 2 rings (SSSR count). The molecule has 0 radical (unpaired) electrons. The van der Waals surface area contributed by atoms with Crippen LogP contribution in [0.15, 0.2) is 23.8 Å². The third-order valence-corrected chi connectivity index (χ3v) is 3.93. The zero-order chi connectivity index (χ0) is 14.4. The normalized spacial score (nSPS) is 11.0. The summed E-state index contributed by atoms with van der Waals surface area (Å²) in [4.78, 5) is 9.83. The number of pyridine rings is 1. The number of thiazole rings is 1. The molecule has 0 aliphatic heterocycles. The smallest absolute Gasteiger partial charge is 0.213 e. The van der Waals surface area contributed by atoms with Gasteiger partial charge in [0, 0.05) is 36.1 Å². The fourth-order valence-electron chi connectivity index (χ4n) is 1.74. The molecule has 0 aromatic carbocycles. The number of hydrogen-bond acceptors (Lipinski definition) is 5. The number of aryl methyl sites for hydroxylation is 1. The van der Waals surface area contributed by atoms with E-state index >= 15 is 0 Å². The zero-order valence-corrected chi connectivity index (χ0v) is 13.0. The second-order valence-electron chi connectivity index (χ2n) is 5.00. The fraction of sp³-hybridized carbons (Fsp3) is 0.467. The first-order chi connectivity index (χ1) is 9.65. The maximum Gasteiger partial charge on any atom is 0.213 e. The van der Waals surface area contributed by atoms with Crippen LogP contribution in [0.1, 0.15) is 30.0 Å². The monoisotopic (exact) mass is 291 g/mol. The van der Waals surface area contributed by atoms with Crippen LogP contribution in [0.25, 0.3) is 0 Å². The van der Waals surface area contributed by atoms with Crippen molar-refractivity contribution in [2.24, 2.45) is 0 Å². The topological polar surface area (TPSA) is 47.0 Å². The molecule has 0 atom stereocenters. The predicted molar refractivity (Wildman–Crippen MR) is 82.3 cm³/mol. The third kappa shape index (κ3) is 4.58. The highest BCUT2D eigenvalue weighted by molar-refractivity contribution is 7.09. The molecule has 0 spiro atoms. The molecular weight excluding hydrogens is 270 g/mol. The van der Waals surface area contributed by atoms with E-state index < -0.39 is 0 Å². The van der Waals surface area contributed by atoms with E-state index in [1.807, 2.05) is 24.7 Å². The highest BCUT2D eigenvalue weighted by atomic mass is 32.1. The lowest BCUT2D eigenvalue weighted by atomic mass is 10.2. The highest BCUT2D eigenvalue weighted by Gasteiger charge is 2.02. The molecule has 2 heterocycles. The van der Waals surface area contributed by atoms with Crippen molar-refractivity contribution in [2.45, 2.75) is 39.8 Å². The summed E-state index contributed by atoms with van der Waals surface area (Å²) in [5, 5.41) is 3.36. The van der Waals surface area contributed by atoms with Crippen molar-refractivity contribution in [2.75, 3.05) is 6.61 Å². The number of nitrogens with one attached hydrogen (secondary N) is 1. The fourth-order valence-corrected chi connectivity index (χ4v) is 2.50. The Kier molecular flexibility index (Phi) is 5.49. The maximum absolute atomic E-state index is 5.66. The van der Waals surface area contributed by atoms with E-state index in [4.69, 9.17) is 4.74 Å². The minimum absolute atomic E-state index is 0.480. The minimum atomic E-state index is 0.480. The second-order valence-corrected chi connectivity index (χ2v) is 5.94. The summed E-state index contributed by atoms with van der Waals surface area (Å²) in [7, 11) is 0. The summed E-state index contributed by atoms with van der Waals surface area (Å²) in [6.07, 6.45) is 2.75. The van der Waals surface area contributed by atoms with Gasteiger partial charge in [-0.3, -0.25) is 0 Å². The van der Waals surface area contributed by atoms with Gasteiger partial charge in [0.15, 0.2) is 0 Å². The first-order valence-electron chi connectivity index (χ1n) is 6.85. The Morgan fingerprint density at radius 2 is 2.15 bits per heavy atom. The Morgan fingerprint density at radius 3 is 2.75 bits per heavy atom. The van der Waals surface area contributed by atoms with E-state index in [0.29, 0.717) is 18.5 Å². The Labute approximate surface area is 124 Å². The number of hydrogen-bond donors (Lipinski definition) is 1. The van der Waals surface area contributed by atoms with Gasteiger partial charge in [-0.05, 0) is 12.5 Å². The van der Waals surface area contributed by atoms with E-state index in [1.54, 1.807) is 11.3 Å². The van der Waals surface area contributed by atoms with E-state index in [-0.39, 0.29) is 0 Å². The van der Waals surface area contributed by atoms with Crippen LogP contribution in [0.5, 0.6) is 5.88 Å². The molecule has 2 aromatic rings. The number of nitrogens with zero attached hydrogens (tertiary/aromatic N) is 2. The molecule has 4 nitrogen and oxygen atoms in total. The third-order valence-electron chi connectivity index (χ3n) is 2.94. The van der Waals surface area contributed by atoms with Gasteiger partial charge >= 0.3 is 0 Å². The molecule has 0 aliphatic carbocycles. The molecule has 0 saturated heterocycles. The lowest BCUT2D eigenvalue weighted by molar-refractivity contribution is 0.310. The quantitative estimate of drug-likeness (QED) is 0.852. The highest BCUT2D eigenvalue weighted by Crippen LogP contribution is 2.14. The van der Waals surface area contributed by atoms with Gasteiger partial charge in [-0.1, -0.05) is 19.9 Å². The first-order valence-corrected chi connectivity index (χ1v) is 7.73. The van der Waals surface area contributed by atoms with Crippen LogP contribution < -0.4 is 10.1 Å². The number of rotatable bonds is 7. The Balaban J connectivity index is 1.77. The SMILES string of the molecule is Cc1ncsc1CCOc1ccc(CNC(C)C)cn1. The van der Waals surface area contributed by atoms with Crippen molar-refractivity contribution >= 4 is 11.3 Å². The average molecular weight is 291 g/mol. The molecule has 108 valence electrons. The van der Waals surface area contributed by atoms with Crippen molar-refractivity contribution in [3.63, 3.8) is 0 Å². The van der Waals surface area contributed by atoms with Crippen molar-refractivity contribution < 1.29 is 4.74 Å². The van der Waals surface area contributed by atoms with Crippen LogP contribution in [0.4, 0.5) is 0 Å². The molecule has 1 N–H and O–H groups in total. The molecule has 0 amide bonds. The molecule has 0 aliphatic rings. The minimum Gasteiger partial charge on any atom is -0.477 e. The lowest BCUT2D eigenvalue weighted by Crippen LogP contribution is -2.21. The van der Waals surface area contributed by atoms with Crippen LogP contribution in [0, 0.1) is 6.92 Å². The summed E-state index contributed by atoms with van der Waals surface area (Å²) in [6.45, 7) is 7.77. The lowest BCUT2D eigenvalue weighted by Gasteiger charge is -2.09. The van der Waals surface area contributed by atoms with Crippen molar-refractivity contribution in [3.05, 3.63) is 40.0 Å². The van der Waals surface area contributed by atoms with Gasteiger partial charge < -0.3 is 10.1 Å². The van der Waals surface area contributed by atoms with Crippen LogP contribution >= 0.6 is 11.3 Å². The Bertz CT molecular complexity index is 522. The summed E-state index contributed by atoms with van der Waals surface area (Å²) in [5.74, 6) is 0.681. The van der Waals surface area contributed by atoms with Gasteiger partial charge in [0.05, 0.1) is 17.8 Å². The molecule has 20 heavy (non-hydrogen) atoms. The Morgan fingerprint density at radius 1 is 1.30 bits per heavy atom. The average Bonchev–Trinajstić information content (AvgIpc) is 2.83. The molecule has 0 bridgehead atoms. The van der Waals surface area contributed by atoms with E-state index in [2.05, 4.69) is 35.2 Å². The van der Waals surface area contributed by atoms with Gasteiger partial charge in [0.1, 0.15) is 0 Å². The van der Waals surface area contributed by atoms with Gasteiger partial charge in [0.25, 0.3) is 0 Å². The number of ether oxygens (including phenoxy) is 1. The summed E-state index contributed by atoms with van der Waals surface area (Å²) in [6, 6.07) is 4.46. The second kappa shape index (κ2) is 7.36. The van der Waals surface area contributed by atoms with Crippen molar-refractivity contribution in [1.82, 2.24) is 15.3 Å². The van der Waals surface area contributed by atoms with Crippen LogP contribution in [0.3, 0.4) is 0 Å². The van der Waals surface area contributed by atoms with Gasteiger partial charge in [0.2, 0.25) is 5.88 Å². The standard InChI is InChI=1S/C15H21N3OS/c1-11(2)16-8-13-4-5-15(17-9-13)19-7-6-14-12(3)18-10-20-14/h4-5,9-11,16H,6-8H2,1-3H3. The molecular formula is C15H21N3OS. The molecule has 5 heteroatoms. The largest absolute Gasteiger partial charge is 0.477 e. The van der Waals surface area contributed by atoms with Crippen molar-refractivity contribution in [3.8, 4) is 5.88 Å².